The van der Waals surface area contributed by atoms with Crippen LogP contribution in [0.25, 0.3) is 10.9 Å². The zero-order valence-electron chi connectivity index (χ0n) is 14.3. The first-order valence-electron chi connectivity index (χ1n) is 8.99. The molecule has 1 aromatic heterocycles. The number of fused-ring (bicyclic) bond motifs is 1. The van der Waals surface area contributed by atoms with Gasteiger partial charge in [0, 0.05) is 60.5 Å². The number of aromatic nitrogens is 1. The zero-order chi connectivity index (χ0) is 17.1. The Balaban J connectivity index is 1.52. The Bertz CT molecular complexity index is 715. The van der Waals surface area contributed by atoms with Gasteiger partial charge < -0.3 is 14.8 Å². The highest BCUT2D eigenvalue weighted by Gasteiger charge is 2.31. The fraction of sp³-hybridized carbons (Fsp3) is 0.526. The summed E-state index contributed by atoms with van der Waals surface area (Å²) in [6.45, 7) is 6.26. The van der Waals surface area contributed by atoms with E-state index in [0.717, 1.165) is 69.1 Å². The van der Waals surface area contributed by atoms with Gasteiger partial charge >= 0.3 is 0 Å². The Morgan fingerprint density at radius 1 is 1.20 bits per heavy atom. The van der Waals surface area contributed by atoms with Crippen LogP contribution in [0, 0.1) is 5.92 Å². The summed E-state index contributed by atoms with van der Waals surface area (Å²) in [7, 11) is 0. The predicted molar refractivity (Wildman–Crippen MR) is 100 cm³/mol. The van der Waals surface area contributed by atoms with Crippen molar-refractivity contribution in [1.29, 1.82) is 0 Å². The molecule has 4 rings (SSSR count). The molecule has 0 amide bonds. The Kier molecular flexibility index (Phi) is 5.36. The van der Waals surface area contributed by atoms with Crippen molar-refractivity contribution in [1.82, 2.24) is 9.88 Å². The smallest absolute Gasteiger partial charge is 0.0737 e. The lowest BCUT2D eigenvalue weighted by molar-refractivity contribution is 0.00462. The number of halogens is 1. The molecule has 25 heavy (non-hydrogen) atoms. The third kappa shape index (κ3) is 3.90. The van der Waals surface area contributed by atoms with Crippen molar-refractivity contribution in [3.63, 3.8) is 0 Å². The van der Waals surface area contributed by atoms with E-state index in [1.165, 1.54) is 0 Å². The maximum absolute atomic E-state index is 6.09. The molecule has 0 saturated carbocycles. The maximum atomic E-state index is 6.09. The van der Waals surface area contributed by atoms with Crippen molar-refractivity contribution in [2.24, 2.45) is 5.92 Å². The number of hydrogen-bond donors (Lipinski definition) is 1. The zero-order valence-corrected chi connectivity index (χ0v) is 15.0. The molecular formula is C19H24ClN3O2. The van der Waals surface area contributed by atoms with Crippen molar-refractivity contribution >= 4 is 28.2 Å². The van der Waals surface area contributed by atoms with Crippen LogP contribution in [0.1, 0.15) is 6.42 Å². The quantitative estimate of drug-likeness (QED) is 0.887. The van der Waals surface area contributed by atoms with E-state index in [-0.39, 0.29) is 0 Å². The lowest BCUT2D eigenvalue weighted by atomic mass is 9.96. The average molecular weight is 362 g/mol. The second kappa shape index (κ2) is 7.87. The van der Waals surface area contributed by atoms with E-state index in [1.54, 1.807) is 0 Å². The highest BCUT2D eigenvalue weighted by molar-refractivity contribution is 6.31. The predicted octanol–water partition coefficient (Wildman–Crippen LogP) is 3.04. The number of nitrogens with zero attached hydrogens (tertiary/aromatic N) is 2. The molecule has 0 radical (unpaired) electrons. The van der Waals surface area contributed by atoms with Gasteiger partial charge in [0.1, 0.15) is 0 Å². The van der Waals surface area contributed by atoms with Gasteiger partial charge in [-0.15, -0.1) is 0 Å². The van der Waals surface area contributed by atoms with E-state index in [9.17, 15) is 0 Å². The number of ether oxygens (including phenoxy) is 2. The molecule has 0 aliphatic carbocycles. The third-order valence-electron chi connectivity index (χ3n) is 5.23. The molecule has 0 bridgehead atoms. The van der Waals surface area contributed by atoms with Gasteiger partial charge in [-0.3, -0.25) is 9.88 Å². The number of rotatable bonds is 5. The molecule has 2 fully saturated rings. The van der Waals surface area contributed by atoms with Gasteiger partial charge in [-0.25, -0.2) is 0 Å². The monoisotopic (exact) mass is 361 g/mol. The molecule has 0 spiro atoms. The van der Waals surface area contributed by atoms with Gasteiger partial charge in [-0.2, -0.15) is 0 Å². The van der Waals surface area contributed by atoms with Gasteiger partial charge in [0.2, 0.25) is 0 Å². The minimum atomic E-state index is 0.460. The second-order valence-corrected chi connectivity index (χ2v) is 7.18. The molecule has 3 heterocycles. The van der Waals surface area contributed by atoms with Crippen molar-refractivity contribution in [3.8, 4) is 0 Å². The minimum Gasteiger partial charge on any atom is -0.383 e. The van der Waals surface area contributed by atoms with Gasteiger partial charge in [0.25, 0.3) is 0 Å². The van der Waals surface area contributed by atoms with Crippen LogP contribution >= 0.6 is 11.6 Å². The molecule has 2 atom stereocenters. The summed E-state index contributed by atoms with van der Waals surface area (Å²) in [6.07, 6.45) is 2.97. The summed E-state index contributed by atoms with van der Waals surface area (Å²) in [5.74, 6) is 0.577. The van der Waals surface area contributed by atoms with Crippen LogP contribution in [-0.2, 0) is 9.47 Å². The number of anilines is 1. The van der Waals surface area contributed by atoms with Crippen molar-refractivity contribution in [2.75, 3.05) is 51.4 Å². The van der Waals surface area contributed by atoms with Gasteiger partial charge in [-0.05, 0) is 30.7 Å². The molecule has 2 aromatic rings. The molecule has 2 aliphatic rings. The van der Waals surface area contributed by atoms with Gasteiger partial charge in [-0.1, -0.05) is 11.6 Å². The molecule has 2 saturated heterocycles. The fourth-order valence-corrected chi connectivity index (χ4v) is 4.02. The van der Waals surface area contributed by atoms with Crippen LogP contribution in [0.2, 0.25) is 5.02 Å². The van der Waals surface area contributed by atoms with E-state index in [4.69, 9.17) is 21.1 Å². The summed E-state index contributed by atoms with van der Waals surface area (Å²) in [5, 5.41) is 5.48. The van der Waals surface area contributed by atoms with Crippen molar-refractivity contribution < 1.29 is 9.47 Å². The SMILES string of the molecule is Clc1ccc2c(NCC(C3CCOC3)N3CCOCC3)ccnc2c1. The van der Waals surface area contributed by atoms with Gasteiger partial charge in [0.05, 0.1) is 25.3 Å². The summed E-state index contributed by atoms with van der Waals surface area (Å²) in [6, 6.07) is 8.36. The van der Waals surface area contributed by atoms with Crippen LogP contribution in [0.4, 0.5) is 5.69 Å². The average Bonchev–Trinajstić information content (AvgIpc) is 3.17. The van der Waals surface area contributed by atoms with Crippen LogP contribution in [0.5, 0.6) is 0 Å². The Labute approximate surface area is 153 Å². The molecule has 5 nitrogen and oxygen atoms in total. The highest BCUT2D eigenvalue weighted by Crippen LogP contribution is 2.26. The normalized spacial score (nSPS) is 23.0. The number of pyridine rings is 1. The second-order valence-electron chi connectivity index (χ2n) is 6.74. The first-order chi connectivity index (χ1) is 12.3. The maximum Gasteiger partial charge on any atom is 0.0737 e. The fourth-order valence-electron chi connectivity index (χ4n) is 3.85. The van der Waals surface area contributed by atoms with E-state index in [0.29, 0.717) is 17.0 Å². The highest BCUT2D eigenvalue weighted by atomic mass is 35.5. The standard InChI is InChI=1S/C19H24ClN3O2/c20-15-1-2-16-17(3-5-21-18(16)11-15)22-12-19(14-4-8-25-13-14)23-6-9-24-10-7-23/h1-3,5,11,14,19H,4,6-10,12-13H2,(H,21,22). The summed E-state index contributed by atoms with van der Waals surface area (Å²) >= 11 is 6.09. The molecule has 2 unspecified atom stereocenters. The number of hydrogen-bond acceptors (Lipinski definition) is 5. The summed E-state index contributed by atoms with van der Waals surface area (Å²) in [5.41, 5.74) is 2.03. The molecule has 6 heteroatoms. The van der Waals surface area contributed by atoms with Gasteiger partial charge in [0.15, 0.2) is 0 Å². The van der Waals surface area contributed by atoms with Crippen LogP contribution in [-0.4, -0.2) is 62.0 Å². The number of benzene rings is 1. The lowest BCUT2D eigenvalue weighted by Gasteiger charge is -2.37. The molecule has 2 aliphatic heterocycles. The molecule has 1 aromatic carbocycles. The minimum absolute atomic E-state index is 0.460. The largest absolute Gasteiger partial charge is 0.383 e. The Morgan fingerprint density at radius 3 is 2.88 bits per heavy atom. The van der Waals surface area contributed by atoms with E-state index in [1.807, 2.05) is 30.5 Å². The van der Waals surface area contributed by atoms with E-state index < -0.39 is 0 Å². The topological polar surface area (TPSA) is 46.6 Å². The molecule has 1 N–H and O–H groups in total. The first-order valence-corrected chi connectivity index (χ1v) is 9.37. The van der Waals surface area contributed by atoms with Crippen molar-refractivity contribution in [3.05, 3.63) is 35.5 Å². The van der Waals surface area contributed by atoms with E-state index in [2.05, 4.69) is 15.2 Å². The molecule has 134 valence electrons. The van der Waals surface area contributed by atoms with Crippen LogP contribution < -0.4 is 5.32 Å². The Morgan fingerprint density at radius 2 is 2.08 bits per heavy atom. The van der Waals surface area contributed by atoms with E-state index >= 15 is 0 Å². The molecular weight excluding hydrogens is 338 g/mol. The van der Waals surface area contributed by atoms with Crippen LogP contribution in [0.15, 0.2) is 30.5 Å². The number of morpholine rings is 1. The van der Waals surface area contributed by atoms with Crippen molar-refractivity contribution in [2.45, 2.75) is 12.5 Å². The van der Waals surface area contributed by atoms with Crippen LogP contribution in [0.3, 0.4) is 0 Å². The summed E-state index contributed by atoms with van der Waals surface area (Å²) < 4.78 is 11.2. The Hall–Kier alpha value is -1.40. The first kappa shape index (κ1) is 17.0. The summed E-state index contributed by atoms with van der Waals surface area (Å²) in [4.78, 5) is 6.98. The number of nitrogens with one attached hydrogen (secondary N) is 1. The third-order valence-corrected chi connectivity index (χ3v) is 5.47. The lowest BCUT2D eigenvalue weighted by Crippen LogP contribution is -2.50.